The SMILES string of the molecule is N#Cc1ccc(CSc2nnc(Nc3ccccc3F)s2)cc1. The standard InChI is InChI=1S/C16H11FN4S2/c17-13-3-1-2-4-14(13)19-15-20-21-16(23-15)22-10-12-7-5-11(9-18)6-8-12/h1-8H,10H2,(H,19,20). The summed E-state index contributed by atoms with van der Waals surface area (Å²) in [6, 6.07) is 16.0. The highest BCUT2D eigenvalue weighted by Crippen LogP contribution is 2.30. The zero-order valence-electron chi connectivity index (χ0n) is 11.9. The molecule has 3 rings (SSSR count). The normalized spacial score (nSPS) is 10.3. The molecule has 0 amide bonds. The van der Waals surface area contributed by atoms with Crippen molar-refractivity contribution in [2.24, 2.45) is 0 Å². The molecule has 0 atom stereocenters. The molecule has 0 bridgehead atoms. The van der Waals surface area contributed by atoms with Crippen molar-refractivity contribution >= 4 is 33.9 Å². The highest BCUT2D eigenvalue weighted by Gasteiger charge is 2.07. The Morgan fingerprint density at radius 3 is 2.65 bits per heavy atom. The Kier molecular flexibility index (Phi) is 4.86. The van der Waals surface area contributed by atoms with E-state index in [-0.39, 0.29) is 5.82 Å². The van der Waals surface area contributed by atoms with E-state index >= 15 is 0 Å². The maximum absolute atomic E-state index is 13.6. The largest absolute Gasteiger partial charge is 0.328 e. The van der Waals surface area contributed by atoms with Gasteiger partial charge >= 0.3 is 0 Å². The number of thioether (sulfide) groups is 1. The van der Waals surface area contributed by atoms with Gasteiger partial charge in [0.05, 0.1) is 17.3 Å². The lowest BCUT2D eigenvalue weighted by Gasteiger charge is -2.01. The molecule has 1 N–H and O–H groups in total. The molecule has 1 heterocycles. The first-order valence-electron chi connectivity index (χ1n) is 6.71. The van der Waals surface area contributed by atoms with Crippen LogP contribution in [0.2, 0.25) is 0 Å². The summed E-state index contributed by atoms with van der Waals surface area (Å²) < 4.78 is 14.4. The van der Waals surface area contributed by atoms with Crippen LogP contribution in [0.4, 0.5) is 15.2 Å². The van der Waals surface area contributed by atoms with E-state index < -0.39 is 0 Å². The molecule has 114 valence electrons. The molecule has 7 heteroatoms. The lowest BCUT2D eigenvalue weighted by Crippen LogP contribution is -1.92. The number of para-hydroxylation sites is 1. The van der Waals surface area contributed by atoms with E-state index in [0.717, 1.165) is 15.7 Å². The van der Waals surface area contributed by atoms with Crippen LogP contribution in [-0.2, 0) is 5.75 Å². The average Bonchev–Trinajstić information content (AvgIpc) is 3.03. The minimum Gasteiger partial charge on any atom is -0.328 e. The van der Waals surface area contributed by atoms with E-state index in [1.54, 1.807) is 42.1 Å². The van der Waals surface area contributed by atoms with E-state index in [4.69, 9.17) is 5.26 Å². The first kappa shape index (κ1) is 15.5. The van der Waals surface area contributed by atoms with E-state index in [9.17, 15) is 4.39 Å². The fourth-order valence-electron chi connectivity index (χ4n) is 1.82. The molecule has 0 aliphatic carbocycles. The second kappa shape index (κ2) is 7.22. The van der Waals surface area contributed by atoms with Crippen LogP contribution in [0.25, 0.3) is 0 Å². The molecule has 3 aromatic rings. The van der Waals surface area contributed by atoms with Gasteiger partial charge in [-0.15, -0.1) is 10.2 Å². The number of hydrogen-bond acceptors (Lipinski definition) is 6. The number of rotatable bonds is 5. The van der Waals surface area contributed by atoms with E-state index in [1.165, 1.54) is 17.4 Å². The van der Waals surface area contributed by atoms with E-state index in [0.29, 0.717) is 16.4 Å². The number of anilines is 2. The molecule has 2 aromatic carbocycles. The van der Waals surface area contributed by atoms with Gasteiger partial charge in [-0.05, 0) is 29.8 Å². The summed E-state index contributed by atoms with van der Waals surface area (Å²) in [6.07, 6.45) is 0. The molecule has 0 aliphatic rings. The Morgan fingerprint density at radius 1 is 1.13 bits per heavy atom. The summed E-state index contributed by atoms with van der Waals surface area (Å²) in [5, 5.41) is 20.4. The first-order valence-corrected chi connectivity index (χ1v) is 8.52. The molecule has 0 aliphatic heterocycles. The van der Waals surface area contributed by atoms with Crippen molar-refractivity contribution in [2.75, 3.05) is 5.32 Å². The van der Waals surface area contributed by atoms with Crippen molar-refractivity contribution in [3.05, 3.63) is 65.5 Å². The van der Waals surface area contributed by atoms with Gasteiger partial charge in [0.15, 0.2) is 4.34 Å². The Morgan fingerprint density at radius 2 is 1.91 bits per heavy atom. The van der Waals surface area contributed by atoms with E-state index in [1.807, 2.05) is 12.1 Å². The van der Waals surface area contributed by atoms with Gasteiger partial charge in [0.2, 0.25) is 5.13 Å². The lowest BCUT2D eigenvalue weighted by molar-refractivity contribution is 0.632. The number of benzene rings is 2. The summed E-state index contributed by atoms with van der Waals surface area (Å²) in [5.74, 6) is 0.412. The molecular weight excluding hydrogens is 331 g/mol. The summed E-state index contributed by atoms with van der Waals surface area (Å²) in [5.41, 5.74) is 2.13. The Hall–Kier alpha value is -2.43. The van der Waals surface area contributed by atoms with Crippen molar-refractivity contribution < 1.29 is 4.39 Å². The van der Waals surface area contributed by atoms with Crippen LogP contribution in [0, 0.1) is 17.1 Å². The Balaban J connectivity index is 1.61. The highest BCUT2D eigenvalue weighted by molar-refractivity contribution is 8.00. The zero-order chi connectivity index (χ0) is 16.1. The van der Waals surface area contributed by atoms with Crippen LogP contribution in [0.15, 0.2) is 52.9 Å². The molecule has 0 unspecified atom stereocenters. The topological polar surface area (TPSA) is 61.6 Å². The maximum Gasteiger partial charge on any atom is 0.210 e. The van der Waals surface area contributed by atoms with Gasteiger partial charge in [0, 0.05) is 5.75 Å². The van der Waals surface area contributed by atoms with Crippen LogP contribution in [0.3, 0.4) is 0 Å². The third-order valence-electron chi connectivity index (χ3n) is 2.97. The second-order valence-electron chi connectivity index (χ2n) is 4.58. The number of hydrogen-bond donors (Lipinski definition) is 1. The van der Waals surface area contributed by atoms with Gasteiger partial charge in [-0.1, -0.05) is 47.4 Å². The minimum atomic E-state index is -0.325. The Labute approximate surface area is 141 Å². The van der Waals surface area contributed by atoms with Crippen LogP contribution < -0.4 is 5.32 Å². The predicted octanol–water partition coefficient (Wildman–Crippen LogP) is 4.58. The molecule has 0 saturated carbocycles. The molecule has 0 saturated heterocycles. The fourth-order valence-corrected chi connectivity index (χ4v) is 3.54. The molecular formula is C16H11FN4S2. The predicted molar refractivity (Wildman–Crippen MR) is 90.3 cm³/mol. The monoisotopic (exact) mass is 342 g/mol. The average molecular weight is 342 g/mol. The van der Waals surface area contributed by atoms with Gasteiger partial charge in [-0.2, -0.15) is 5.26 Å². The zero-order valence-corrected chi connectivity index (χ0v) is 13.5. The second-order valence-corrected chi connectivity index (χ2v) is 6.78. The van der Waals surface area contributed by atoms with Crippen LogP contribution in [0.1, 0.15) is 11.1 Å². The smallest absolute Gasteiger partial charge is 0.210 e. The van der Waals surface area contributed by atoms with Crippen molar-refractivity contribution in [1.29, 1.82) is 5.26 Å². The quantitative estimate of drug-likeness (QED) is 0.687. The van der Waals surface area contributed by atoms with Gasteiger partial charge in [0.1, 0.15) is 5.82 Å². The number of nitriles is 1. The summed E-state index contributed by atoms with van der Waals surface area (Å²) >= 11 is 2.92. The summed E-state index contributed by atoms with van der Waals surface area (Å²) in [6.45, 7) is 0. The molecule has 0 fully saturated rings. The molecule has 4 nitrogen and oxygen atoms in total. The molecule has 0 radical (unpaired) electrons. The van der Waals surface area contributed by atoms with Gasteiger partial charge in [-0.25, -0.2) is 4.39 Å². The highest BCUT2D eigenvalue weighted by atomic mass is 32.2. The minimum absolute atomic E-state index is 0.325. The third-order valence-corrected chi connectivity index (χ3v) is 5.01. The molecule has 23 heavy (non-hydrogen) atoms. The van der Waals surface area contributed by atoms with Gasteiger partial charge in [-0.3, -0.25) is 0 Å². The number of nitrogens with one attached hydrogen (secondary N) is 1. The Bertz CT molecular complexity index is 840. The lowest BCUT2D eigenvalue weighted by atomic mass is 10.2. The van der Waals surface area contributed by atoms with Crippen molar-refractivity contribution in [1.82, 2.24) is 10.2 Å². The van der Waals surface area contributed by atoms with Crippen molar-refractivity contribution in [3.8, 4) is 6.07 Å². The van der Waals surface area contributed by atoms with Gasteiger partial charge in [0.25, 0.3) is 0 Å². The maximum atomic E-state index is 13.6. The first-order chi connectivity index (χ1) is 11.2. The molecule has 0 spiro atoms. The summed E-state index contributed by atoms with van der Waals surface area (Å²) in [4.78, 5) is 0. The number of halogens is 1. The number of aromatic nitrogens is 2. The summed E-state index contributed by atoms with van der Waals surface area (Å²) in [7, 11) is 0. The van der Waals surface area contributed by atoms with Crippen molar-refractivity contribution in [3.63, 3.8) is 0 Å². The number of nitrogens with zero attached hydrogens (tertiary/aromatic N) is 3. The van der Waals surface area contributed by atoms with E-state index in [2.05, 4.69) is 21.6 Å². The van der Waals surface area contributed by atoms with Gasteiger partial charge < -0.3 is 5.32 Å². The van der Waals surface area contributed by atoms with Crippen molar-refractivity contribution in [2.45, 2.75) is 10.1 Å². The van der Waals surface area contributed by atoms with Crippen LogP contribution >= 0.6 is 23.1 Å². The van der Waals surface area contributed by atoms with Crippen LogP contribution in [-0.4, -0.2) is 10.2 Å². The third kappa shape index (κ3) is 4.06. The van der Waals surface area contributed by atoms with Crippen LogP contribution in [0.5, 0.6) is 0 Å². The molecule has 1 aromatic heterocycles. The fraction of sp³-hybridized carbons (Fsp3) is 0.0625.